The van der Waals surface area contributed by atoms with E-state index in [1.807, 2.05) is 20.8 Å². The molecule has 0 spiro atoms. The summed E-state index contributed by atoms with van der Waals surface area (Å²) in [5.41, 5.74) is 0.931. The lowest BCUT2D eigenvalue weighted by atomic mass is 9.93. The van der Waals surface area contributed by atoms with Crippen LogP contribution in [0.5, 0.6) is 0 Å². The van der Waals surface area contributed by atoms with E-state index in [0.29, 0.717) is 17.0 Å². The quantitative estimate of drug-likeness (QED) is 0.872. The van der Waals surface area contributed by atoms with E-state index in [-0.39, 0.29) is 23.3 Å². The number of carbonyl (C=O) groups excluding carboxylic acids is 1. The predicted octanol–water partition coefficient (Wildman–Crippen LogP) is 3.07. The number of methoxy groups -OCH3 is 1. The van der Waals surface area contributed by atoms with Gasteiger partial charge in [-0.1, -0.05) is 25.9 Å². The highest BCUT2D eigenvalue weighted by atomic mass is 16.5. The van der Waals surface area contributed by atoms with Crippen molar-refractivity contribution in [2.45, 2.75) is 32.8 Å². The van der Waals surface area contributed by atoms with Crippen molar-refractivity contribution >= 4 is 17.6 Å². The second kappa shape index (κ2) is 6.84. The molecule has 1 amide bonds. The first-order valence-corrected chi connectivity index (χ1v) is 7.35. The summed E-state index contributed by atoms with van der Waals surface area (Å²) >= 11 is 0. The van der Waals surface area contributed by atoms with Gasteiger partial charge in [0.15, 0.2) is 5.69 Å². The third-order valence-corrected chi connectivity index (χ3v) is 3.29. The summed E-state index contributed by atoms with van der Waals surface area (Å²) < 4.78 is 10.2. The molecule has 0 unspecified atom stereocenters. The lowest BCUT2D eigenvalue weighted by Gasteiger charge is -2.12. The van der Waals surface area contributed by atoms with Gasteiger partial charge in [-0.3, -0.25) is 4.79 Å². The maximum absolute atomic E-state index is 12.3. The summed E-state index contributed by atoms with van der Waals surface area (Å²) in [4.78, 5) is 23.5. The average Bonchev–Trinajstić information content (AvgIpc) is 2.97. The van der Waals surface area contributed by atoms with Gasteiger partial charge in [0, 0.05) is 24.3 Å². The van der Waals surface area contributed by atoms with Crippen LogP contribution in [0.2, 0.25) is 0 Å². The highest BCUT2D eigenvalue weighted by Gasteiger charge is 2.22. The van der Waals surface area contributed by atoms with E-state index >= 15 is 0 Å². The second-order valence-electron chi connectivity index (χ2n) is 6.44. The molecule has 1 heterocycles. The van der Waals surface area contributed by atoms with Crippen LogP contribution in [0.1, 0.15) is 52.9 Å². The number of carboxylic acid groups (broad SMARTS) is 1. The van der Waals surface area contributed by atoms with Crippen molar-refractivity contribution in [2.75, 3.05) is 12.4 Å². The fourth-order valence-electron chi connectivity index (χ4n) is 2.07. The summed E-state index contributed by atoms with van der Waals surface area (Å²) in [7, 11) is 1.51. The summed E-state index contributed by atoms with van der Waals surface area (Å²) in [6.45, 7) is 6.08. The van der Waals surface area contributed by atoms with Crippen LogP contribution in [0.4, 0.5) is 5.69 Å². The number of hydrogen-bond acceptors (Lipinski definition) is 5. The highest BCUT2D eigenvalue weighted by Crippen LogP contribution is 2.23. The number of nitrogens with one attached hydrogen (secondary N) is 1. The monoisotopic (exact) mass is 332 g/mol. The maximum atomic E-state index is 12.3. The molecule has 7 heteroatoms. The summed E-state index contributed by atoms with van der Waals surface area (Å²) in [6.07, 6.45) is 0. The summed E-state index contributed by atoms with van der Waals surface area (Å²) in [5.74, 6) is -0.966. The molecule has 7 nitrogen and oxygen atoms in total. The van der Waals surface area contributed by atoms with Crippen LogP contribution >= 0.6 is 0 Å². The van der Waals surface area contributed by atoms with Gasteiger partial charge in [0.2, 0.25) is 0 Å². The molecular formula is C17H20N2O5. The third kappa shape index (κ3) is 4.20. The molecule has 1 aromatic heterocycles. The SMILES string of the molecule is COCc1cc(NC(=O)c2cc(C(C)(C)C)on2)cc(C(=O)O)c1. The Kier molecular flexibility index (Phi) is 5.04. The van der Waals surface area contributed by atoms with E-state index in [1.54, 1.807) is 12.1 Å². The van der Waals surface area contributed by atoms with Crippen LogP contribution in [0.3, 0.4) is 0 Å². The molecule has 0 bridgehead atoms. The van der Waals surface area contributed by atoms with Crippen molar-refractivity contribution in [1.29, 1.82) is 0 Å². The number of aromatic nitrogens is 1. The average molecular weight is 332 g/mol. The Morgan fingerprint density at radius 1 is 1.25 bits per heavy atom. The Hall–Kier alpha value is -2.67. The Bertz CT molecular complexity index is 759. The number of rotatable bonds is 5. The number of carbonyl (C=O) groups is 2. The normalized spacial score (nSPS) is 11.3. The number of benzene rings is 1. The fourth-order valence-corrected chi connectivity index (χ4v) is 2.07. The highest BCUT2D eigenvalue weighted by molar-refractivity contribution is 6.03. The topological polar surface area (TPSA) is 102 Å². The van der Waals surface area contributed by atoms with Gasteiger partial charge in [-0.2, -0.15) is 0 Å². The van der Waals surface area contributed by atoms with Crippen molar-refractivity contribution in [2.24, 2.45) is 0 Å². The predicted molar refractivity (Wildman–Crippen MR) is 87.3 cm³/mol. The number of ether oxygens (including phenoxy) is 1. The van der Waals surface area contributed by atoms with Crippen molar-refractivity contribution in [3.8, 4) is 0 Å². The van der Waals surface area contributed by atoms with Gasteiger partial charge >= 0.3 is 5.97 Å². The second-order valence-corrected chi connectivity index (χ2v) is 6.44. The number of nitrogens with zero attached hydrogens (tertiary/aromatic N) is 1. The lowest BCUT2D eigenvalue weighted by molar-refractivity contribution is 0.0696. The van der Waals surface area contributed by atoms with E-state index in [2.05, 4.69) is 10.5 Å². The largest absolute Gasteiger partial charge is 0.478 e. The molecule has 1 aromatic carbocycles. The molecule has 0 aliphatic carbocycles. The minimum absolute atomic E-state index is 0.0652. The molecule has 128 valence electrons. The van der Waals surface area contributed by atoms with Crippen LogP contribution in [0.25, 0.3) is 0 Å². The first kappa shape index (κ1) is 17.7. The Morgan fingerprint density at radius 3 is 2.50 bits per heavy atom. The fraction of sp³-hybridized carbons (Fsp3) is 0.353. The van der Waals surface area contributed by atoms with Crippen LogP contribution in [0, 0.1) is 0 Å². The van der Waals surface area contributed by atoms with Crippen molar-refractivity contribution < 1.29 is 24.0 Å². The summed E-state index contributed by atoms with van der Waals surface area (Å²) in [6, 6.07) is 6.10. The molecule has 0 aliphatic heterocycles. The van der Waals surface area contributed by atoms with Gasteiger partial charge < -0.3 is 19.7 Å². The molecule has 24 heavy (non-hydrogen) atoms. The van der Waals surface area contributed by atoms with Crippen molar-refractivity contribution in [3.05, 3.63) is 46.8 Å². The Morgan fingerprint density at radius 2 is 1.96 bits per heavy atom. The molecule has 0 saturated heterocycles. The first-order chi connectivity index (χ1) is 11.2. The molecule has 2 N–H and O–H groups in total. The molecule has 2 rings (SSSR count). The number of hydrogen-bond donors (Lipinski definition) is 2. The van der Waals surface area contributed by atoms with Gasteiger partial charge in [0.25, 0.3) is 5.91 Å². The number of aromatic carboxylic acids is 1. The molecular weight excluding hydrogens is 312 g/mol. The van der Waals surface area contributed by atoms with E-state index in [4.69, 9.17) is 14.4 Å². The molecule has 0 atom stereocenters. The number of anilines is 1. The van der Waals surface area contributed by atoms with Gasteiger partial charge in [-0.05, 0) is 23.8 Å². The lowest BCUT2D eigenvalue weighted by Crippen LogP contribution is -2.14. The molecule has 0 fully saturated rings. The maximum Gasteiger partial charge on any atom is 0.335 e. The minimum Gasteiger partial charge on any atom is -0.478 e. The van der Waals surface area contributed by atoms with Gasteiger partial charge in [-0.15, -0.1) is 0 Å². The van der Waals surface area contributed by atoms with Gasteiger partial charge in [0.05, 0.1) is 12.2 Å². The molecule has 0 radical (unpaired) electrons. The Labute approximate surface area is 139 Å². The van der Waals surface area contributed by atoms with E-state index in [0.717, 1.165) is 0 Å². The number of carboxylic acids is 1. The van der Waals surface area contributed by atoms with Crippen LogP contribution in [-0.2, 0) is 16.8 Å². The van der Waals surface area contributed by atoms with Crippen LogP contribution in [0.15, 0.2) is 28.8 Å². The third-order valence-electron chi connectivity index (χ3n) is 3.29. The van der Waals surface area contributed by atoms with E-state index in [1.165, 1.54) is 19.2 Å². The van der Waals surface area contributed by atoms with E-state index in [9.17, 15) is 9.59 Å². The van der Waals surface area contributed by atoms with Crippen molar-refractivity contribution in [1.82, 2.24) is 5.16 Å². The first-order valence-electron chi connectivity index (χ1n) is 7.35. The molecule has 2 aromatic rings. The Balaban J connectivity index is 2.24. The van der Waals surface area contributed by atoms with Gasteiger partial charge in [0.1, 0.15) is 5.76 Å². The van der Waals surface area contributed by atoms with Crippen LogP contribution in [-0.4, -0.2) is 29.2 Å². The standard InChI is InChI=1S/C17H20N2O5/c1-17(2,3)14-8-13(19-24-14)15(20)18-12-6-10(9-23-4)5-11(7-12)16(21)22/h5-8H,9H2,1-4H3,(H,18,20)(H,21,22). The zero-order chi connectivity index (χ0) is 17.9. The number of amides is 1. The van der Waals surface area contributed by atoms with E-state index < -0.39 is 11.9 Å². The molecule has 0 saturated carbocycles. The minimum atomic E-state index is -1.08. The zero-order valence-corrected chi connectivity index (χ0v) is 14.0. The molecule has 0 aliphatic rings. The summed E-state index contributed by atoms with van der Waals surface area (Å²) in [5, 5.41) is 15.6. The zero-order valence-electron chi connectivity index (χ0n) is 14.0. The van der Waals surface area contributed by atoms with Crippen molar-refractivity contribution in [3.63, 3.8) is 0 Å². The van der Waals surface area contributed by atoms with Gasteiger partial charge in [-0.25, -0.2) is 4.79 Å². The smallest absolute Gasteiger partial charge is 0.335 e. The van der Waals surface area contributed by atoms with Crippen LogP contribution < -0.4 is 5.32 Å².